The number of rotatable bonds is 9. The highest BCUT2D eigenvalue weighted by Crippen LogP contribution is 2.11. The van der Waals surface area contributed by atoms with Gasteiger partial charge in [-0.15, -0.1) is 0 Å². The van der Waals surface area contributed by atoms with E-state index in [1.165, 1.54) is 19.2 Å². The van der Waals surface area contributed by atoms with Gasteiger partial charge in [-0.1, -0.05) is 12.1 Å². The number of amides is 1. The first-order valence-corrected chi connectivity index (χ1v) is 8.34. The fraction of sp³-hybridized carbons (Fsp3) is 0.429. The first-order chi connectivity index (χ1) is 10.3. The highest BCUT2D eigenvalue weighted by molar-refractivity contribution is 7.89. The molecule has 0 spiro atoms. The van der Waals surface area contributed by atoms with Crippen LogP contribution >= 0.6 is 0 Å². The van der Waals surface area contributed by atoms with E-state index < -0.39 is 16.0 Å². The van der Waals surface area contributed by atoms with E-state index in [2.05, 4.69) is 10.0 Å². The predicted molar refractivity (Wildman–Crippen MR) is 80.9 cm³/mol. The fourth-order valence-electron chi connectivity index (χ4n) is 1.77. The molecular formula is C14H20N2O5S. The van der Waals surface area contributed by atoms with Gasteiger partial charge in [-0.05, 0) is 37.6 Å². The molecule has 0 aliphatic heterocycles. The molecule has 0 radical (unpaired) electrons. The Morgan fingerprint density at radius 1 is 1.14 bits per heavy atom. The molecule has 0 fully saturated rings. The molecule has 8 heteroatoms. The van der Waals surface area contributed by atoms with Gasteiger partial charge < -0.3 is 10.4 Å². The minimum Gasteiger partial charge on any atom is -0.481 e. The number of carboxylic acids is 1. The normalized spacial score (nSPS) is 11.1. The van der Waals surface area contributed by atoms with Crippen LogP contribution in [0.3, 0.4) is 0 Å². The Morgan fingerprint density at radius 3 is 2.32 bits per heavy atom. The van der Waals surface area contributed by atoms with Gasteiger partial charge in [0.05, 0.1) is 4.90 Å². The van der Waals surface area contributed by atoms with Gasteiger partial charge in [0.25, 0.3) is 0 Å². The number of nitrogens with one attached hydrogen (secondary N) is 2. The van der Waals surface area contributed by atoms with Crippen molar-refractivity contribution in [3.8, 4) is 0 Å². The molecule has 0 aliphatic carbocycles. The molecule has 0 saturated heterocycles. The lowest BCUT2D eigenvalue weighted by Crippen LogP contribution is -2.25. The molecule has 1 rings (SSSR count). The molecule has 7 nitrogen and oxygen atoms in total. The Hall–Kier alpha value is -1.93. The van der Waals surface area contributed by atoms with Crippen LogP contribution in [0.1, 0.15) is 24.8 Å². The van der Waals surface area contributed by atoms with E-state index in [-0.39, 0.29) is 23.6 Å². The summed E-state index contributed by atoms with van der Waals surface area (Å²) in [6.07, 6.45) is 1.19. The summed E-state index contributed by atoms with van der Waals surface area (Å²) >= 11 is 0. The second kappa shape index (κ2) is 8.50. The number of aryl methyl sites for hydroxylation is 1. The van der Waals surface area contributed by atoms with Crippen LogP contribution in [0, 0.1) is 0 Å². The Labute approximate surface area is 129 Å². The summed E-state index contributed by atoms with van der Waals surface area (Å²) in [5.41, 5.74) is 0.857. The third-order valence-corrected chi connectivity index (χ3v) is 4.46. The van der Waals surface area contributed by atoms with E-state index in [0.29, 0.717) is 19.4 Å². The lowest BCUT2D eigenvalue weighted by Gasteiger charge is -2.06. The van der Waals surface area contributed by atoms with Crippen LogP contribution in [-0.4, -0.2) is 39.0 Å². The Morgan fingerprint density at radius 2 is 1.77 bits per heavy atom. The molecule has 0 unspecified atom stereocenters. The lowest BCUT2D eigenvalue weighted by atomic mass is 10.1. The number of carboxylic acid groups (broad SMARTS) is 1. The first kappa shape index (κ1) is 18.1. The molecule has 1 amide bonds. The topological polar surface area (TPSA) is 113 Å². The van der Waals surface area contributed by atoms with Crippen molar-refractivity contribution >= 4 is 21.9 Å². The minimum atomic E-state index is -3.45. The highest BCUT2D eigenvalue weighted by Gasteiger charge is 2.10. The monoisotopic (exact) mass is 328 g/mol. The van der Waals surface area contributed by atoms with Crippen LogP contribution in [0.2, 0.25) is 0 Å². The zero-order valence-corrected chi connectivity index (χ0v) is 13.1. The van der Waals surface area contributed by atoms with Crippen molar-refractivity contribution < 1.29 is 23.1 Å². The van der Waals surface area contributed by atoms with Crippen molar-refractivity contribution in [1.29, 1.82) is 0 Å². The van der Waals surface area contributed by atoms with Gasteiger partial charge in [0.15, 0.2) is 0 Å². The quantitative estimate of drug-likeness (QED) is 0.572. The summed E-state index contributed by atoms with van der Waals surface area (Å²) in [7, 11) is -2.10. The molecule has 3 N–H and O–H groups in total. The molecule has 1 aromatic carbocycles. The average Bonchev–Trinajstić information content (AvgIpc) is 2.49. The van der Waals surface area contributed by atoms with E-state index in [1.807, 2.05) is 0 Å². The summed E-state index contributed by atoms with van der Waals surface area (Å²) in [6.45, 7) is 0.338. The second-order valence-corrected chi connectivity index (χ2v) is 6.59. The molecule has 0 aliphatic rings. The van der Waals surface area contributed by atoms with Crippen LogP contribution in [0.5, 0.6) is 0 Å². The third kappa shape index (κ3) is 6.23. The molecule has 0 bridgehead atoms. The Balaban J connectivity index is 2.39. The van der Waals surface area contributed by atoms with E-state index in [4.69, 9.17) is 5.11 Å². The summed E-state index contributed by atoms with van der Waals surface area (Å²) in [6, 6.07) is 6.32. The number of hydrogen-bond donors (Lipinski definition) is 3. The van der Waals surface area contributed by atoms with Crippen molar-refractivity contribution in [2.45, 2.75) is 30.6 Å². The SMILES string of the molecule is CNS(=O)(=O)c1ccc(CCC(=O)NCCCC(=O)O)cc1. The van der Waals surface area contributed by atoms with Gasteiger partial charge in [-0.25, -0.2) is 13.1 Å². The van der Waals surface area contributed by atoms with E-state index in [1.54, 1.807) is 12.1 Å². The largest absolute Gasteiger partial charge is 0.481 e. The molecule has 0 aromatic heterocycles. The van der Waals surface area contributed by atoms with E-state index in [9.17, 15) is 18.0 Å². The second-order valence-electron chi connectivity index (χ2n) is 4.70. The van der Waals surface area contributed by atoms with Gasteiger partial charge in [0, 0.05) is 19.4 Å². The molecule has 22 heavy (non-hydrogen) atoms. The maximum absolute atomic E-state index is 11.6. The van der Waals surface area contributed by atoms with Gasteiger partial charge in [-0.3, -0.25) is 9.59 Å². The Kier molecular flexibility index (Phi) is 7.00. The minimum absolute atomic E-state index is 0.0294. The molecule has 0 atom stereocenters. The molecule has 122 valence electrons. The average molecular weight is 328 g/mol. The number of aliphatic carboxylic acids is 1. The molecular weight excluding hydrogens is 308 g/mol. The van der Waals surface area contributed by atoms with Crippen molar-refractivity contribution in [1.82, 2.24) is 10.0 Å². The summed E-state index contributed by atoms with van der Waals surface area (Å²) in [4.78, 5) is 22.1. The first-order valence-electron chi connectivity index (χ1n) is 6.86. The van der Waals surface area contributed by atoms with Gasteiger partial charge in [-0.2, -0.15) is 0 Å². The van der Waals surface area contributed by atoms with Crippen molar-refractivity contribution in [2.75, 3.05) is 13.6 Å². The number of carbonyl (C=O) groups excluding carboxylic acids is 1. The van der Waals surface area contributed by atoms with Gasteiger partial charge >= 0.3 is 5.97 Å². The van der Waals surface area contributed by atoms with E-state index >= 15 is 0 Å². The smallest absolute Gasteiger partial charge is 0.303 e. The molecule has 1 aromatic rings. The third-order valence-electron chi connectivity index (χ3n) is 3.03. The summed E-state index contributed by atoms with van der Waals surface area (Å²) in [5.74, 6) is -1.04. The molecule has 0 heterocycles. The maximum atomic E-state index is 11.6. The van der Waals surface area contributed by atoms with Crippen LogP contribution in [-0.2, 0) is 26.0 Å². The highest BCUT2D eigenvalue weighted by atomic mass is 32.2. The predicted octanol–water partition coefficient (Wildman–Crippen LogP) is 0.508. The zero-order chi connectivity index (χ0) is 16.6. The van der Waals surface area contributed by atoms with Crippen LogP contribution in [0.4, 0.5) is 0 Å². The number of sulfonamides is 1. The number of hydrogen-bond acceptors (Lipinski definition) is 4. The zero-order valence-electron chi connectivity index (χ0n) is 12.3. The van der Waals surface area contributed by atoms with Crippen LogP contribution in [0.25, 0.3) is 0 Å². The van der Waals surface area contributed by atoms with Gasteiger partial charge in [0.1, 0.15) is 0 Å². The van der Waals surface area contributed by atoms with Crippen LogP contribution in [0.15, 0.2) is 29.2 Å². The number of benzene rings is 1. The van der Waals surface area contributed by atoms with Gasteiger partial charge in [0.2, 0.25) is 15.9 Å². The maximum Gasteiger partial charge on any atom is 0.303 e. The van der Waals surface area contributed by atoms with Crippen molar-refractivity contribution in [2.24, 2.45) is 0 Å². The van der Waals surface area contributed by atoms with Crippen molar-refractivity contribution in [3.63, 3.8) is 0 Å². The van der Waals surface area contributed by atoms with Crippen molar-refractivity contribution in [3.05, 3.63) is 29.8 Å². The number of carbonyl (C=O) groups is 2. The lowest BCUT2D eigenvalue weighted by molar-refractivity contribution is -0.137. The van der Waals surface area contributed by atoms with E-state index in [0.717, 1.165) is 5.56 Å². The summed E-state index contributed by atoms with van der Waals surface area (Å²) < 4.78 is 25.3. The molecule has 0 saturated carbocycles. The Bertz CT molecular complexity index is 611. The standard InChI is InChI=1S/C14H20N2O5S/c1-15-22(20,21)12-7-4-11(5-8-12)6-9-13(17)16-10-2-3-14(18)19/h4-5,7-8,15H,2-3,6,9-10H2,1H3,(H,16,17)(H,18,19). The summed E-state index contributed by atoms with van der Waals surface area (Å²) in [5, 5.41) is 11.1. The fourth-order valence-corrected chi connectivity index (χ4v) is 2.50. The van der Waals surface area contributed by atoms with Crippen LogP contribution < -0.4 is 10.0 Å².